The van der Waals surface area contributed by atoms with E-state index in [0.29, 0.717) is 11.3 Å². The fourth-order valence-corrected chi connectivity index (χ4v) is 3.47. The molecule has 3 amide bonds. The van der Waals surface area contributed by atoms with Gasteiger partial charge in [-0.3, -0.25) is 14.9 Å². The molecule has 0 radical (unpaired) electrons. The molecule has 0 saturated heterocycles. The second kappa shape index (κ2) is 8.89. The lowest BCUT2D eigenvalue weighted by Gasteiger charge is -2.29. The SMILES string of the molecule is Cc1ccc2oc(C(=O)OCC(=O)NC(=O)N[C@H]3CCCC[C@H]3C)cc(=O)c2c1. The standard InChI is InChI=1S/C21H24N2O6/c1-12-7-8-17-14(9-12)16(24)10-18(29-17)20(26)28-11-19(25)23-21(27)22-15-6-4-3-5-13(15)2/h7-10,13,15H,3-6,11H2,1-2H3,(H2,22,23,25,27)/t13-,15+/m1/s1. The Kier molecular flexibility index (Phi) is 6.31. The summed E-state index contributed by atoms with van der Waals surface area (Å²) in [6, 6.07) is 5.44. The van der Waals surface area contributed by atoms with Crippen molar-refractivity contribution in [3.05, 3.63) is 45.8 Å². The normalized spacial score (nSPS) is 18.8. The van der Waals surface area contributed by atoms with Crippen LogP contribution in [0.25, 0.3) is 11.0 Å². The fraction of sp³-hybridized carbons (Fsp3) is 0.429. The molecule has 2 N–H and O–H groups in total. The van der Waals surface area contributed by atoms with Gasteiger partial charge in [0.2, 0.25) is 5.76 Å². The third-order valence-corrected chi connectivity index (χ3v) is 5.10. The summed E-state index contributed by atoms with van der Waals surface area (Å²) in [6.07, 6.45) is 4.09. The lowest BCUT2D eigenvalue weighted by Crippen LogP contribution is -2.48. The van der Waals surface area contributed by atoms with E-state index in [0.717, 1.165) is 37.3 Å². The van der Waals surface area contributed by atoms with Crippen molar-refractivity contribution in [3.63, 3.8) is 0 Å². The Balaban J connectivity index is 1.54. The molecule has 0 bridgehead atoms. The van der Waals surface area contributed by atoms with E-state index in [1.807, 2.05) is 6.92 Å². The summed E-state index contributed by atoms with van der Waals surface area (Å²) < 4.78 is 10.3. The third-order valence-electron chi connectivity index (χ3n) is 5.10. The van der Waals surface area contributed by atoms with Crippen molar-refractivity contribution in [1.82, 2.24) is 10.6 Å². The van der Waals surface area contributed by atoms with Crippen molar-refractivity contribution in [1.29, 1.82) is 0 Å². The molecular formula is C21H24N2O6. The number of carbonyl (C=O) groups excluding carboxylic acids is 3. The second-order valence-corrected chi connectivity index (χ2v) is 7.44. The van der Waals surface area contributed by atoms with Gasteiger partial charge in [-0.2, -0.15) is 0 Å². The minimum Gasteiger partial charge on any atom is -0.450 e. The van der Waals surface area contributed by atoms with Gasteiger partial charge in [0.1, 0.15) is 5.58 Å². The molecular weight excluding hydrogens is 376 g/mol. The van der Waals surface area contributed by atoms with Crippen LogP contribution in [-0.4, -0.2) is 30.6 Å². The highest BCUT2D eigenvalue weighted by molar-refractivity contribution is 5.96. The van der Waals surface area contributed by atoms with E-state index in [9.17, 15) is 19.2 Å². The number of nitrogens with one attached hydrogen (secondary N) is 2. The Labute approximate surface area is 167 Å². The van der Waals surface area contributed by atoms with E-state index in [2.05, 4.69) is 17.6 Å². The van der Waals surface area contributed by atoms with Crippen LogP contribution in [-0.2, 0) is 9.53 Å². The highest BCUT2D eigenvalue weighted by atomic mass is 16.5. The van der Waals surface area contributed by atoms with Crippen LogP contribution in [0.5, 0.6) is 0 Å². The molecule has 8 nitrogen and oxygen atoms in total. The maximum Gasteiger partial charge on any atom is 0.374 e. The zero-order valence-corrected chi connectivity index (χ0v) is 16.4. The monoisotopic (exact) mass is 400 g/mol. The summed E-state index contributed by atoms with van der Waals surface area (Å²) in [5.41, 5.74) is 0.755. The number of esters is 1. The smallest absolute Gasteiger partial charge is 0.374 e. The number of aryl methyl sites for hydroxylation is 1. The molecule has 1 aliphatic carbocycles. The molecule has 154 valence electrons. The molecule has 1 fully saturated rings. The Hall–Kier alpha value is -3.16. The summed E-state index contributed by atoms with van der Waals surface area (Å²) in [6.45, 7) is 3.24. The average molecular weight is 400 g/mol. The summed E-state index contributed by atoms with van der Waals surface area (Å²) in [7, 11) is 0. The lowest BCUT2D eigenvalue weighted by molar-refractivity contribution is -0.123. The molecule has 2 aromatic rings. The van der Waals surface area contributed by atoms with Crippen molar-refractivity contribution in [2.24, 2.45) is 5.92 Å². The van der Waals surface area contributed by atoms with Gasteiger partial charge >= 0.3 is 12.0 Å². The number of hydrogen-bond donors (Lipinski definition) is 2. The van der Waals surface area contributed by atoms with E-state index in [-0.39, 0.29) is 22.8 Å². The number of benzene rings is 1. The predicted octanol–water partition coefficient (Wildman–Crippen LogP) is 2.66. The number of rotatable bonds is 4. The largest absolute Gasteiger partial charge is 0.450 e. The minimum atomic E-state index is -0.957. The van der Waals surface area contributed by atoms with E-state index in [1.54, 1.807) is 18.2 Å². The molecule has 0 unspecified atom stereocenters. The molecule has 1 aromatic carbocycles. The molecule has 0 spiro atoms. The number of urea groups is 1. The highest BCUT2D eigenvalue weighted by Crippen LogP contribution is 2.23. The van der Waals surface area contributed by atoms with E-state index < -0.39 is 24.5 Å². The lowest BCUT2D eigenvalue weighted by atomic mass is 9.86. The van der Waals surface area contributed by atoms with Gasteiger partial charge in [-0.1, -0.05) is 31.4 Å². The summed E-state index contributed by atoms with van der Waals surface area (Å²) in [5, 5.41) is 5.28. The first kappa shape index (κ1) is 20.6. The Bertz CT molecular complexity index is 996. The molecule has 29 heavy (non-hydrogen) atoms. The van der Waals surface area contributed by atoms with Crippen molar-refractivity contribution in [2.45, 2.75) is 45.6 Å². The second-order valence-electron chi connectivity index (χ2n) is 7.44. The van der Waals surface area contributed by atoms with Crippen molar-refractivity contribution in [2.75, 3.05) is 6.61 Å². The molecule has 1 aliphatic rings. The molecule has 3 rings (SSSR count). The van der Waals surface area contributed by atoms with Crippen LogP contribution in [0.2, 0.25) is 0 Å². The maximum absolute atomic E-state index is 12.2. The van der Waals surface area contributed by atoms with Crippen molar-refractivity contribution in [3.8, 4) is 0 Å². The summed E-state index contributed by atoms with van der Waals surface area (Å²) in [4.78, 5) is 48.1. The summed E-state index contributed by atoms with van der Waals surface area (Å²) >= 11 is 0. The predicted molar refractivity (Wildman–Crippen MR) is 106 cm³/mol. The molecule has 1 heterocycles. The number of fused-ring (bicyclic) bond motifs is 1. The van der Waals surface area contributed by atoms with Crippen molar-refractivity contribution >= 4 is 28.9 Å². The molecule has 2 atom stereocenters. The number of amides is 3. The van der Waals surface area contributed by atoms with Gasteiger partial charge in [0.05, 0.1) is 5.39 Å². The van der Waals surface area contributed by atoms with Gasteiger partial charge in [-0.15, -0.1) is 0 Å². The number of imide groups is 1. The molecule has 8 heteroatoms. The first-order chi connectivity index (χ1) is 13.8. The zero-order chi connectivity index (χ0) is 21.0. The van der Waals surface area contributed by atoms with Crippen LogP contribution in [0.15, 0.2) is 33.5 Å². The van der Waals surface area contributed by atoms with Crippen molar-refractivity contribution < 1.29 is 23.5 Å². The number of carbonyl (C=O) groups is 3. The minimum absolute atomic E-state index is 0.0228. The van der Waals surface area contributed by atoms with Crippen LogP contribution < -0.4 is 16.1 Å². The van der Waals surface area contributed by atoms with E-state index >= 15 is 0 Å². The van der Waals surface area contributed by atoms with Gasteiger partial charge in [0, 0.05) is 12.1 Å². The highest BCUT2D eigenvalue weighted by Gasteiger charge is 2.23. The van der Waals surface area contributed by atoms with Gasteiger partial charge in [-0.05, 0) is 37.8 Å². The van der Waals surface area contributed by atoms with Crippen LogP contribution in [0, 0.1) is 12.8 Å². The average Bonchev–Trinajstić information content (AvgIpc) is 2.68. The van der Waals surface area contributed by atoms with Gasteiger partial charge in [0.25, 0.3) is 5.91 Å². The first-order valence-electron chi connectivity index (χ1n) is 9.65. The van der Waals surface area contributed by atoms with Crippen LogP contribution in [0.3, 0.4) is 0 Å². The Morgan fingerprint density at radius 2 is 1.93 bits per heavy atom. The van der Waals surface area contributed by atoms with Gasteiger partial charge in [0.15, 0.2) is 12.0 Å². The molecule has 0 aliphatic heterocycles. The maximum atomic E-state index is 12.2. The quantitative estimate of drug-likeness (QED) is 0.763. The fourth-order valence-electron chi connectivity index (χ4n) is 3.47. The van der Waals surface area contributed by atoms with Crippen LogP contribution in [0.4, 0.5) is 4.79 Å². The van der Waals surface area contributed by atoms with E-state index in [1.165, 1.54) is 0 Å². The van der Waals surface area contributed by atoms with E-state index in [4.69, 9.17) is 9.15 Å². The summed E-state index contributed by atoms with van der Waals surface area (Å²) in [5.74, 6) is -1.68. The number of ether oxygens (including phenoxy) is 1. The topological polar surface area (TPSA) is 115 Å². The van der Waals surface area contributed by atoms with Crippen LogP contribution >= 0.6 is 0 Å². The molecule has 1 saturated carbocycles. The van der Waals surface area contributed by atoms with Gasteiger partial charge in [-0.25, -0.2) is 9.59 Å². The number of hydrogen-bond acceptors (Lipinski definition) is 6. The Morgan fingerprint density at radius 1 is 1.17 bits per heavy atom. The zero-order valence-electron chi connectivity index (χ0n) is 16.4. The molecule has 1 aromatic heterocycles. The third kappa shape index (κ3) is 5.22. The van der Waals surface area contributed by atoms with Gasteiger partial charge < -0.3 is 14.5 Å². The first-order valence-corrected chi connectivity index (χ1v) is 9.65. The Morgan fingerprint density at radius 3 is 2.69 bits per heavy atom. The van der Waals surface area contributed by atoms with Crippen LogP contribution in [0.1, 0.15) is 48.7 Å².